The highest BCUT2D eigenvalue weighted by Crippen LogP contribution is 2.04. The minimum atomic E-state index is 0.814. The Hall–Kier alpha value is 0.0400. The zero-order valence-electron chi connectivity index (χ0n) is 6.78. The van der Waals surface area contributed by atoms with Crippen LogP contribution >= 0.6 is 15.9 Å². The van der Waals surface area contributed by atoms with E-state index in [1.165, 1.54) is 12.8 Å². The van der Waals surface area contributed by atoms with Crippen LogP contribution in [0.4, 0.5) is 0 Å². The third kappa shape index (κ3) is 8.04. The highest BCUT2D eigenvalue weighted by atomic mass is 79.9. The molecule has 0 saturated heterocycles. The van der Waals surface area contributed by atoms with Gasteiger partial charge in [0.1, 0.15) is 0 Å². The third-order valence-corrected chi connectivity index (χ3v) is 1.56. The summed E-state index contributed by atoms with van der Waals surface area (Å²) in [5, 5.41) is 0.814. The molecule has 0 spiro atoms. The number of hydrogen-bond donors (Lipinski definition) is 0. The van der Waals surface area contributed by atoms with Gasteiger partial charge in [-0.2, -0.15) is 0 Å². The molecule has 0 aliphatic heterocycles. The van der Waals surface area contributed by atoms with E-state index in [0.717, 1.165) is 17.7 Å². The maximum Gasteiger partial charge on any atom is 0.0645 e. The fourth-order valence-corrected chi connectivity index (χ4v) is 0.933. The summed E-state index contributed by atoms with van der Waals surface area (Å²) in [5.74, 6) is 6.91. The molecule has 0 aromatic carbocycles. The Balaban J connectivity index is 3.05. The average molecular weight is 203 g/mol. The molecule has 0 aliphatic carbocycles. The van der Waals surface area contributed by atoms with E-state index in [1.807, 2.05) is 0 Å². The minimum absolute atomic E-state index is 0.814. The zero-order valence-corrected chi connectivity index (χ0v) is 8.37. The molecule has 0 aromatic rings. The van der Waals surface area contributed by atoms with Crippen LogP contribution in [0.15, 0.2) is 0 Å². The van der Waals surface area contributed by atoms with E-state index in [9.17, 15) is 0 Å². The van der Waals surface area contributed by atoms with Gasteiger partial charge >= 0.3 is 0 Å². The van der Waals surface area contributed by atoms with E-state index in [2.05, 4.69) is 41.6 Å². The van der Waals surface area contributed by atoms with Gasteiger partial charge in [-0.1, -0.05) is 42.1 Å². The summed E-state index contributed by atoms with van der Waals surface area (Å²) in [6, 6.07) is 0. The summed E-state index contributed by atoms with van der Waals surface area (Å²) in [5.41, 5.74) is 0. The lowest BCUT2D eigenvalue weighted by Crippen LogP contribution is -1.85. The van der Waals surface area contributed by atoms with E-state index in [-0.39, 0.29) is 0 Å². The number of alkyl halides is 1. The van der Waals surface area contributed by atoms with Crippen LogP contribution in [0.3, 0.4) is 0 Å². The van der Waals surface area contributed by atoms with Gasteiger partial charge in [0.15, 0.2) is 0 Å². The van der Waals surface area contributed by atoms with Crippen molar-refractivity contribution in [3.05, 3.63) is 0 Å². The first-order valence-corrected chi connectivity index (χ1v) is 4.91. The summed E-state index contributed by atoms with van der Waals surface area (Å²) in [6.45, 7) is 4.50. The molecule has 0 nitrogen and oxygen atoms in total. The van der Waals surface area contributed by atoms with Crippen LogP contribution in [0.25, 0.3) is 0 Å². The SMILES string of the molecule is CC(C)CCCC#CCBr. The maximum atomic E-state index is 3.26. The molecule has 10 heavy (non-hydrogen) atoms. The molecular weight excluding hydrogens is 188 g/mol. The molecule has 0 saturated carbocycles. The highest BCUT2D eigenvalue weighted by Gasteiger charge is 1.90. The Bertz CT molecular complexity index is 116. The van der Waals surface area contributed by atoms with Gasteiger partial charge in [-0.15, -0.1) is 5.92 Å². The van der Waals surface area contributed by atoms with Gasteiger partial charge in [0, 0.05) is 6.42 Å². The molecule has 58 valence electrons. The second-order valence-electron chi connectivity index (χ2n) is 2.77. The van der Waals surface area contributed by atoms with Crippen LogP contribution in [0.2, 0.25) is 0 Å². The van der Waals surface area contributed by atoms with Gasteiger partial charge in [0.2, 0.25) is 0 Å². The van der Waals surface area contributed by atoms with Gasteiger partial charge < -0.3 is 0 Å². The summed E-state index contributed by atoms with van der Waals surface area (Å²) in [7, 11) is 0. The first kappa shape index (κ1) is 10.0. The van der Waals surface area contributed by atoms with Crippen molar-refractivity contribution in [2.75, 3.05) is 5.33 Å². The molecule has 0 unspecified atom stereocenters. The molecule has 0 fully saturated rings. The number of unbranched alkanes of at least 4 members (excludes halogenated alkanes) is 1. The monoisotopic (exact) mass is 202 g/mol. The van der Waals surface area contributed by atoms with Crippen molar-refractivity contribution in [3.8, 4) is 11.8 Å². The van der Waals surface area contributed by atoms with Gasteiger partial charge in [-0.3, -0.25) is 0 Å². The van der Waals surface area contributed by atoms with E-state index >= 15 is 0 Å². The van der Waals surface area contributed by atoms with E-state index < -0.39 is 0 Å². The summed E-state index contributed by atoms with van der Waals surface area (Å²) < 4.78 is 0. The van der Waals surface area contributed by atoms with Gasteiger partial charge in [0.05, 0.1) is 5.33 Å². The molecule has 0 heterocycles. The zero-order chi connectivity index (χ0) is 7.82. The Kier molecular flexibility index (Phi) is 7.18. The summed E-state index contributed by atoms with van der Waals surface area (Å²) in [6.07, 6.45) is 3.61. The van der Waals surface area contributed by atoms with Crippen LogP contribution in [0, 0.1) is 17.8 Å². The molecule has 0 N–H and O–H groups in total. The number of rotatable bonds is 3. The lowest BCUT2D eigenvalue weighted by molar-refractivity contribution is 0.563. The largest absolute Gasteiger partial charge is 0.102 e. The minimum Gasteiger partial charge on any atom is -0.102 e. The fraction of sp³-hybridized carbons (Fsp3) is 0.778. The first-order valence-electron chi connectivity index (χ1n) is 3.79. The summed E-state index contributed by atoms with van der Waals surface area (Å²) in [4.78, 5) is 0. The second kappa shape index (κ2) is 7.15. The number of halogens is 1. The first-order chi connectivity index (χ1) is 4.77. The molecule has 0 aromatic heterocycles. The lowest BCUT2D eigenvalue weighted by Gasteiger charge is -1.98. The molecule has 0 aliphatic rings. The van der Waals surface area contributed by atoms with Crippen LogP contribution in [-0.4, -0.2) is 5.33 Å². The Labute approximate surface area is 72.5 Å². The topological polar surface area (TPSA) is 0 Å². The van der Waals surface area contributed by atoms with Gasteiger partial charge in [0.25, 0.3) is 0 Å². The van der Waals surface area contributed by atoms with Gasteiger partial charge in [-0.05, 0) is 12.3 Å². The molecule has 0 amide bonds. The predicted molar refractivity (Wildman–Crippen MR) is 50.3 cm³/mol. The van der Waals surface area contributed by atoms with Crippen molar-refractivity contribution in [1.29, 1.82) is 0 Å². The maximum absolute atomic E-state index is 3.26. The van der Waals surface area contributed by atoms with Crippen molar-refractivity contribution in [1.82, 2.24) is 0 Å². The molecular formula is C9H15Br. The smallest absolute Gasteiger partial charge is 0.0645 e. The molecule has 0 bridgehead atoms. The molecule has 0 radical (unpaired) electrons. The highest BCUT2D eigenvalue weighted by molar-refractivity contribution is 9.09. The van der Waals surface area contributed by atoms with Crippen LogP contribution < -0.4 is 0 Å². The Morgan fingerprint density at radius 2 is 2.00 bits per heavy atom. The second-order valence-corrected chi connectivity index (χ2v) is 3.33. The van der Waals surface area contributed by atoms with Crippen LogP contribution in [0.1, 0.15) is 33.1 Å². The summed E-state index contributed by atoms with van der Waals surface area (Å²) >= 11 is 3.26. The van der Waals surface area contributed by atoms with Gasteiger partial charge in [-0.25, -0.2) is 0 Å². The quantitative estimate of drug-likeness (QED) is 0.375. The van der Waals surface area contributed by atoms with Crippen LogP contribution in [0.5, 0.6) is 0 Å². The third-order valence-electron chi connectivity index (χ3n) is 1.28. The average Bonchev–Trinajstić information content (AvgIpc) is 1.87. The molecule has 0 rings (SSSR count). The van der Waals surface area contributed by atoms with Crippen molar-refractivity contribution >= 4 is 15.9 Å². The fourth-order valence-electron chi connectivity index (χ4n) is 0.734. The Morgan fingerprint density at radius 3 is 2.50 bits per heavy atom. The molecule has 1 heteroatoms. The van der Waals surface area contributed by atoms with Crippen LogP contribution in [-0.2, 0) is 0 Å². The predicted octanol–water partition coefficient (Wildman–Crippen LogP) is 3.21. The van der Waals surface area contributed by atoms with E-state index in [0.29, 0.717) is 0 Å². The molecule has 0 atom stereocenters. The van der Waals surface area contributed by atoms with E-state index in [4.69, 9.17) is 0 Å². The van der Waals surface area contributed by atoms with Crippen molar-refractivity contribution in [2.45, 2.75) is 33.1 Å². The van der Waals surface area contributed by atoms with Crippen molar-refractivity contribution in [2.24, 2.45) is 5.92 Å². The van der Waals surface area contributed by atoms with Crippen molar-refractivity contribution in [3.63, 3.8) is 0 Å². The standard InChI is InChI=1S/C9H15Br/c1-9(2)7-5-3-4-6-8-10/h9H,3,5,7-8H2,1-2H3. The Morgan fingerprint density at radius 1 is 1.30 bits per heavy atom. The van der Waals surface area contributed by atoms with E-state index in [1.54, 1.807) is 0 Å². The number of hydrogen-bond acceptors (Lipinski definition) is 0. The van der Waals surface area contributed by atoms with Crippen molar-refractivity contribution < 1.29 is 0 Å². The lowest BCUT2D eigenvalue weighted by atomic mass is 10.1. The normalized spacial score (nSPS) is 9.20.